The number of aromatic nitrogens is 3. The molecule has 1 amide bonds. The number of hydrogen-bond donors (Lipinski definition) is 0. The molecule has 0 bridgehead atoms. The van der Waals surface area contributed by atoms with E-state index in [9.17, 15) is 4.79 Å². The highest BCUT2D eigenvalue weighted by Crippen LogP contribution is 2.26. The second-order valence-electron chi connectivity index (χ2n) is 8.67. The minimum absolute atomic E-state index is 0.103. The van der Waals surface area contributed by atoms with Crippen LogP contribution in [0.5, 0.6) is 5.75 Å². The first-order valence-electron chi connectivity index (χ1n) is 11.7. The van der Waals surface area contributed by atoms with E-state index in [1.54, 1.807) is 13.3 Å². The van der Waals surface area contributed by atoms with Gasteiger partial charge in [-0.3, -0.25) is 0 Å². The fraction of sp³-hybridized carbons (Fsp3) is 0.250. The molecule has 0 aliphatic carbocycles. The van der Waals surface area contributed by atoms with Crippen LogP contribution >= 0.6 is 0 Å². The number of amides is 1. The molecule has 3 aromatic carbocycles. The summed E-state index contributed by atoms with van der Waals surface area (Å²) in [5.74, 6) is 0.835. The van der Waals surface area contributed by atoms with E-state index in [-0.39, 0.29) is 12.1 Å². The molecule has 6 heteroatoms. The van der Waals surface area contributed by atoms with Crippen LogP contribution in [0.4, 0.5) is 4.79 Å². The highest BCUT2D eigenvalue weighted by molar-refractivity contribution is 5.77. The molecule has 5 rings (SSSR count). The molecule has 172 valence electrons. The Morgan fingerprint density at radius 1 is 0.912 bits per heavy atom. The number of carbonyl (C=O) groups is 1. The second-order valence-corrected chi connectivity index (χ2v) is 8.67. The maximum Gasteiger partial charge on any atom is 0.346 e. The van der Waals surface area contributed by atoms with Crippen LogP contribution in [0.15, 0.2) is 85.1 Å². The van der Waals surface area contributed by atoms with Gasteiger partial charge in [0.25, 0.3) is 0 Å². The molecule has 1 aliphatic rings. The topological polar surface area (TPSA) is 60.2 Å². The molecule has 0 saturated carbocycles. The van der Waals surface area contributed by atoms with E-state index in [0.29, 0.717) is 5.69 Å². The zero-order valence-electron chi connectivity index (χ0n) is 19.3. The molecule has 1 fully saturated rings. The van der Waals surface area contributed by atoms with Crippen LogP contribution in [-0.2, 0) is 6.42 Å². The molecule has 0 N–H and O–H groups in total. The molecule has 1 unspecified atom stereocenters. The largest absolute Gasteiger partial charge is 0.497 e. The van der Waals surface area contributed by atoms with Gasteiger partial charge in [0.2, 0.25) is 0 Å². The zero-order chi connectivity index (χ0) is 23.3. The summed E-state index contributed by atoms with van der Waals surface area (Å²) in [6.45, 7) is 0.752. The average Bonchev–Trinajstić information content (AvgIpc) is 3.40. The third-order valence-electron chi connectivity index (χ3n) is 6.48. The number of benzene rings is 3. The second kappa shape index (κ2) is 9.91. The molecule has 0 radical (unpaired) electrons. The fourth-order valence-electron chi connectivity index (χ4n) is 4.59. The smallest absolute Gasteiger partial charge is 0.346 e. The lowest BCUT2D eigenvalue weighted by Crippen LogP contribution is -2.46. The lowest BCUT2D eigenvalue weighted by molar-refractivity contribution is 0.149. The number of hydrogen-bond acceptors (Lipinski definition) is 4. The van der Waals surface area contributed by atoms with Gasteiger partial charge in [-0.25, -0.2) is 4.79 Å². The lowest BCUT2D eigenvalue weighted by Gasteiger charge is -2.35. The van der Waals surface area contributed by atoms with E-state index >= 15 is 0 Å². The van der Waals surface area contributed by atoms with Gasteiger partial charge in [-0.05, 0) is 54.5 Å². The Bertz CT molecular complexity index is 1230. The monoisotopic (exact) mass is 452 g/mol. The van der Waals surface area contributed by atoms with Gasteiger partial charge in [0.15, 0.2) is 0 Å². The van der Waals surface area contributed by atoms with Gasteiger partial charge >= 0.3 is 6.03 Å². The summed E-state index contributed by atoms with van der Waals surface area (Å²) in [7, 11) is 1.66. The van der Waals surface area contributed by atoms with E-state index in [4.69, 9.17) is 4.74 Å². The van der Waals surface area contributed by atoms with Crippen LogP contribution in [-0.4, -0.2) is 45.6 Å². The van der Waals surface area contributed by atoms with Gasteiger partial charge in [0.05, 0.1) is 13.3 Å². The number of ether oxygens (including phenoxy) is 1. The van der Waals surface area contributed by atoms with Crippen LogP contribution in [0.25, 0.3) is 22.4 Å². The van der Waals surface area contributed by atoms with E-state index in [1.165, 1.54) is 10.2 Å². The lowest BCUT2D eigenvalue weighted by atomic mass is 9.96. The number of rotatable bonds is 5. The van der Waals surface area contributed by atoms with Crippen molar-refractivity contribution in [3.8, 4) is 28.1 Å². The Labute approximate surface area is 199 Å². The summed E-state index contributed by atoms with van der Waals surface area (Å²) >= 11 is 0. The third-order valence-corrected chi connectivity index (χ3v) is 6.48. The van der Waals surface area contributed by atoms with Crippen molar-refractivity contribution in [1.29, 1.82) is 0 Å². The Balaban J connectivity index is 1.31. The van der Waals surface area contributed by atoms with Crippen molar-refractivity contribution in [2.24, 2.45) is 0 Å². The van der Waals surface area contributed by atoms with Crippen LogP contribution < -0.4 is 4.74 Å². The molecular formula is C28H28N4O2. The molecule has 1 aromatic heterocycles. The van der Waals surface area contributed by atoms with Gasteiger partial charge in [0, 0.05) is 18.2 Å². The maximum absolute atomic E-state index is 13.3. The zero-order valence-corrected chi connectivity index (χ0v) is 19.3. The Morgan fingerprint density at radius 2 is 1.59 bits per heavy atom. The van der Waals surface area contributed by atoms with Crippen molar-refractivity contribution in [3.63, 3.8) is 0 Å². The van der Waals surface area contributed by atoms with Crippen molar-refractivity contribution in [3.05, 3.63) is 90.6 Å². The van der Waals surface area contributed by atoms with Gasteiger partial charge in [-0.2, -0.15) is 4.68 Å². The van der Waals surface area contributed by atoms with Gasteiger partial charge in [-0.1, -0.05) is 71.9 Å². The summed E-state index contributed by atoms with van der Waals surface area (Å²) in [4.78, 5) is 15.3. The molecule has 1 atom stereocenters. The van der Waals surface area contributed by atoms with Gasteiger partial charge in [0.1, 0.15) is 11.4 Å². The standard InChI is InChI=1S/C28H28N4O2/c1-34-26-16-14-23(15-17-26)22-10-12-24(13-11-22)27-20-32(30-29-27)28(33)31-18-6-5-9-25(31)19-21-7-3-2-4-8-21/h2-4,7-8,10-17,20,25H,5-6,9,18-19H2,1H3. The Hall–Kier alpha value is -3.93. The summed E-state index contributed by atoms with van der Waals surface area (Å²) < 4.78 is 6.62. The SMILES string of the molecule is COc1ccc(-c2ccc(-c3cn(C(=O)N4CCCCC4Cc4ccccc4)nn3)cc2)cc1. The predicted molar refractivity (Wildman–Crippen MR) is 133 cm³/mol. The quantitative estimate of drug-likeness (QED) is 0.391. The first-order chi connectivity index (χ1) is 16.7. The Morgan fingerprint density at radius 3 is 2.29 bits per heavy atom. The number of methoxy groups -OCH3 is 1. The molecule has 1 saturated heterocycles. The highest BCUT2D eigenvalue weighted by atomic mass is 16.5. The van der Waals surface area contributed by atoms with Gasteiger partial charge < -0.3 is 9.64 Å². The first-order valence-corrected chi connectivity index (χ1v) is 11.7. The molecule has 2 heterocycles. The minimum atomic E-state index is -0.103. The summed E-state index contributed by atoms with van der Waals surface area (Å²) in [6.07, 6.45) is 5.77. The summed E-state index contributed by atoms with van der Waals surface area (Å²) in [6, 6.07) is 26.6. The number of likely N-dealkylation sites (tertiary alicyclic amines) is 1. The molecule has 0 spiro atoms. The van der Waals surface area contributed by atoms with Crippen molar-refractivity contribution < 1.29 is 9.53 Å². The number of carbonyl (C=O) groups excluding carboxylic acids is 1. The van der Waals surface area contributed by atoms with Crippen molar-refractivity contribution >= 4 is 6.03 Å². The Kier molecular flexibility index (Phi) is 6.38. The molecule has 1 aliphatic heterocycles. The van der Waals surface area contributed by atoms with Crippen LogP contribution in [0.2, 0.25) is 0 Å². The van der Waals surface area contributed by atoms with Gasteiger partial charge in [-0.15, -0.1) is 5.10 Å². The van der Waals surface area contributed by atoms with E-state index in [2.05, 4.69) is 34.6 Å². The molecule has 34 heavy (non-hydrogen) atoms. The van der Waals surface area contributed by atoms with E-state index in [0.717, 1.165) is 54.7 Å². The van der Waals surface area contributed by atoms with E-state index in [1.807, 2.05) is 59.5 Å². The van der Waals surface area contributed by atoms with Crippen molar-refractivity contribution in [2.75, 3.05) is 13.7 Å². The molecular weight excluding hydrogens is 424 g/mol. The van der Waals surface area contributed by atoms with Crippen molar-refractivity contribution in [2.45, 2.75) is 31.7 Å². The molecule has 6 nitrogen and oxygen atoms in total. The minimum Gasteiger partial charge on any atom is -0.497 e. The highest BCUT2D eigenvalue weighted by Gasteiger charge is 2.28. The third kappa shape index (κ3) is 4.71. The predicted octanol–water partition coefficient (Wildman–Crippen LogP) is 5.69. The summed E-state index contributed by atoms with van der Waals surface area (Å²) in [5, 5.41) is 8.46. The van der Waals surface area contributed by atoms with Crippen LogP contribution in [0, 0.1) is 0 Å². The van der Waals surface area contributed by atoms with Crippen LogP contribution in [0.3, 0.4) is 0 Å². The first kappa shape index (κ1) is 21.9. The van der Waals surface area contributed by atoms with Crippen molar-refractivity contribution in [1.82, 2.24) is 19.9 Å². The summed E-state index contributed by atoms with van der Waals surface area (Å²) in [5.41, 5.74) is 5.08. The molecule has 4 aromatic rings. The average molecular weight is 453 g/mol. The van der Waals surface area contributed by atoms with Crippen LogP contribution in [0.1, 0.15) is 24.8 Å². The van der Waals surface area contributed by atoms with E-state index < -0.39 is 0 Å². The number of piperidine rings is 1. The fourth-order valence-corrected chi connectivity index (χ4v) is 4.59. The normalized spacial score (nSPS) is 15.8. The number of nitrogens with zero attached hydrogens (tertiary/aromatic N) is 4. The maximum atomic E-state index is 13.3.